The average molecular weight is 223 g/mol. The zero-order valence-electron chi connectivity index (χ0n) is 10.1. The third kappa shape index (κ3) is 3.93. The number of aryl methyl sites for hydroxylation is 1. The van der Waals surface area contributed by atoms with Crippen molar-refractivity contribution in [2.24, 2.45) is 5.73 Å². The molecule has 16 heavy (non-hydrogen) atoms. The Morgan fingerprint density at radius 1 is 1.25 bits per heavy atom. The zero-order chi connectivity index (χ0) is 11.8. The van der Waals surface area contributed by atoms with Gasteiger partial charge in [-0.1, -0.05) is 24.3 Å². The number of benzene rings is 1. The fourth-order valence-electron chi connectivity index (χ4n) is 1.66. The number of hydrogen-bond acceptors (Lipinski definition) is 3. The summed E-state index contributed by atoms with van der Waals surface area (Å²) in [6, 6.07) is 8.19. The second kappa shape index (κ2) is 7.39. The second-order valence-corrected chi connectivity index (χ2v) is 3.80. The van der Waals surface area contributed by atoms with Crippen molar-refractivity contribution in [1.82, 2.24) is 0 Å². The molecule has 1 rings (SSSR count). The maximum absolute atomic E-state index is 5.76. The summed E-state index contributed by atoms with van der Waals surface area (Å²) in [5.41, 5.74) is 8.14. The summed E-state index contributed by atoms with van der Waals surface area (Å²) in [5.74, 6) is 0. The molecule has 0 heterocycles. The van der Waals surface area contributed by atoms with Crippen LogP contribution in [0.5, 0.6) is 0 Å². The summed E-state index contributed by atoms with van der Waals surface area (Å²) in [6.45, 7) is 4.00. The van der Waals surface area contributed by atoms with Crippen molar-refractivity contribution >= 4 is 0 Å². The fourth-order valence-corrected chi connectivity index (χ4v) is 1.66. The molecule has 1 aromatic rings. The molecule has 0 spiro atoms. The molecule has 1 aromatic carbocycles. The van der Waals surface area contributed by atoms with Gasteiger partial charge in [-0.15, -0.1) is 0 Å². The first-order chi connectivity index (χ1) is 7.79. The molecule has 90 valence electrons. The molecular formula is C13H21NO2. The van der Waals surface area contributed by atoms with Crippen molar-refractivity contribution in [3.8, 4) is 0 Å². The van der Waals surface area contributed by atoms with Crippen molar-refractivity contribution < 1.29 is 9.47 Å². The van der Waals surface area contributed by atoms with Crippen LogP contribution in [0.2, 0.25) is 0 Å². The van der Waals surface area contributed by atoms with Gasteiger partial charge in [-0.25, -0.2) is 0 Å². The monoisotopic (exact) mass is 223 g/mol. The van der Waals surface area contributed by atoms with Gasteiger partial charge in [0.2, 0.25) is 0 Å². The fraction of sp³-hybridized carbons (Fsp3) is 0.538. The van der Waals surface area contributed by atoms with Gasteiger partial charge in [-0.3, -0.25) is 0 Å². The van der Waals surface area contributed by atoms with Gasteiger partial charge in [0.25, 0.3) is 0 Å². The molecule has 0 fully saturated rings. The molecule has 0 amide bonds. The van der Waals surface area contributed by atoms with Crippen molar-refractivity contribution in [3.05, 3.63) is 35.4 Å². The highest BCUT2D eigenvalue weighted by Crippen LogP contribution is 2.19. The molecule has 1 atom stereocenters. The van der Waals surface area contributed by atoms with Crippen LogP contribution in [-0.4, -0.2) is 26.9 Å². The Balaban J connectivity index is 2.51. The number of rotatable bonds is 7. The molecule has 2 N–H and O–H groups in total. The summed E-state index contributed by atoms with van der Waals surface area (Å²) < 4.78 is 10.7. The molecule has 0 aliphatic rings. The van der Waals surface area contributed by atoms with E-state index >= 15 is 0 Å². The van der Waals surface area contributed by atoms with E-state index in [1.807, 2.05) is 12.1 Å². The average Bonchev–Trinajstić information content (AvgIpc) is 2.31. The van der Waals surface area contributed by atoms with Gasteiger partial charge >= 0.3 is 0 Å². The highest BCUT2D eigenvalue weighted by Gasteiger charge is 2.11. The second-order valence-electron chi connectivity index (χ2n) is 3.80. The topological polar surface area (TPSA) is 44.5 Å². The quantitative estimate of drug-likeness (QED) is 0.719. The third-order valence-electron chi connectivity index (χ3n) is 2.56. The van der Waals surface area contributed by atoms with Gasteiger partial charge in [0.05, 0.1) is 6.10 Å². The number of methoxy groups -OCH3 is 1. The Hall–Kier alpha value is -0.900. The van der Waals surface area contributed by atoms with Crippen molar-refractivity contribution in [3.63, 3.8) is 0 Å². The molecule has 3 nitrogen and oxygen atoms in total. The molecule has 0 bridgehead atoms. The Kier molecular flexibility index (Phi) is 6.08. The van der Waals surface area contributed by atoms with Crippen LogP contribution in [0.4, 0.5) is 0 Å². The van der Waals surface area contributed by atoms with Gasteiger partial charge in [0, 0.05) is 26.9 Å². The van der Waals surface area contributed by atoms with Crippen molar-refractivity contribution in [1.29, 1.82) is 0 Å². The molecule has 0 aliphatic carbocycles. The van der Waals surface area contributed by atoms with Crippen molar-refractivity contribution in [2.45, 2.75) is 19.4 Å². The molecule has 1 unspecified atom stereocenters. The van der Waals surface area contributed by atoms with E-state index in [-0.39, 0.29) is 6.10 Å². The largest absolute Gasteiger partial charge is 0.385 e. The van der Waals surface area contributed by atoms with Crippen LogP contribution in [0, 0.1) is 6.92 Å². The van der Waals surface area contributed by atoms with Gasteiger partial charge < -0.3 is 15.2 Å². The van der Waals surface area contributed by atoms with Gasteiger partial charge in [-0.05, 0) is 24.5 Å². The molecule has 0 radical (unpaired) electrons. The van der Waals surface area contributed by atoms with E-state index in [2.05, 4.69) is 19.1 Å². The van der Waals surface area contributed by atoms with E-state index in [4.69, 9.17) is 15.2 Å². The van der Waals surface area contributed by atoms with Crippen LogP contribution in [0.1, 0.15) is 23.7 Å². The summed E-state index contributed by atoms with van der Waals surface area (Å²) in [6.07, 6.45) is 0.900. The summed E-state index contributed by atoms with van der Waals surface area (Å²) in [4.78, 5) is 0. The van der Waals surface area contributed by atoms with Crippen LogP contribution >= 0.6 is 0 Å². The SMILES string of the molecule is COCCCOC(CN)c1ccccc1C. The van der Waals surface area contributed by atoms with Gasteiger partial charge in [-0.2, -0.15) is 0 Å². The molecule has 3 heteroatoms. The summed E-state index contributed by atoms with van der Waals surface area (Å²) >= 11 is 0. The van der Waals surface area contributed by atoms with E-state index in [0.29, 0.717) is 13.2 Å². The first-order valence-electron chi connectivity index (χ1n) is 5.65. The number of hydrogen-bond donors (Lipinski definition) is 1. The molecule has 0 saturated carbocycles. The molecular weight excluding hydrogens is 202 g/mol. The number of ether oxygens (including phenoxy) is 2. The minimum atomic E-state index is -0.00180. The van der Waals surface area contributed by atoms with Gasteiger partial charge in [0.1, 0.15) is 0 Å². The Labute approximate surface area is 97.6 Å². The number of nitrogens with two attached hydrogens (primary N) is 1. The lowest BCUT2D eigenvalue weighted by atomic mass is 10.0. The molecule has 0 saturated heterocycles. The molecule has 0 aliphatic heterocycles. The first kappa shape index (κ1) is 13.2. The van der Waals surface area contributed by atoms with E-state index in [1.54, 1.807) is 7.11 Å². The maximum atomic E-state index is 5.76. The maximum Gasteiger partial charge on any atom is 0.0949 e. The van der Waals surface area contributed by atoms with Crippen LogP contribution in [0.25, 0.3) is 0 Å². The Morgan fingerprint density at radius 2 is 2.00 bits per heavy atom. The van der Waals surface area contributed by atoms with Crippen LogP contribution in [0.3, 0.4) is 0 Å². The van der Waals surface area contributed by atoms with E-state index in [0.717, 1.165) is 13.0 Å². The Morgan fingerprint density at radius 3 is 2.62 bits per heavy atom. The van der Waals surface area contributed by atoms with Crippen molar-refractivity contribution in [2.75, 3.05) is 26.9 Å². The highest BCUT2D eigenvalue weighted by atomic mass is 16.5. The van der Waals surface area contributed by atoms with E-state index < -0.39 is 0 Å². The van der Waals surface area contributed by atoms with Crippen LogP contribution in [-0.2, 0) is 9.47 Å². The lowest BCUT2D eigenvalue weighted by Gasteiger charge is -2.18. The predicted octanol–water partition coefficient (Wildman–Crippen LogP) is 2.05. The van der Waals surface area contributed by atoms with Crippen LogP contribution < -0.4 is 5.73 Å². The third-order valence-corrected chi connectivity index (χ3v) is 2.56. The Bertz CT molecular complexity index is 302. The highest BCUT2D eigenvalue weighted by molar-refractivity contribution is 5.27. The van der Waals surface area contributed by atoms with E-state index in [1.165, 1.54) is 11.1 Å². The van der Waals surface area contributed by atoms with Crippen LogP contribution in [0.15, 0.2) is 24.3 Å². The standard InChI is InChI=1S/C13H21NO2/c1-11-6-3-4-7-12(11)13(10-14)16-9-5-8-15-2/h3-4,6-7,13H,5,8-10,14H2,1-2H3. The van der Waals surface area contributed by atoms with E-state index in [9.17, 15) is 0 Å². The lowest BCUT2D eigenvalue weighted by molar-refractivity contribution is 0.0435. The minimum Gasteiger partial charge on any atom is -0.385 e. The summed E-state index contributed by atoms with van der Waals surface area (Å²) in [7, 11) is 1.70. The molecule has 0 aromatic heterocycles. The summed E-state index contributed by atoms with van der Waals surface area (Å²) in [5, 5.41) is 0. The lowest BCUT2D eigenvalue weighted by Crippen LogP contribution is -2.17. The smallest absolute Gasteiger partial charge is 0.0949 e. The minimum absolute atomic E-state index is 0.00180. The normalized spacial score (nSPS) is 12.7. The first-order valence-corrected chi connectivity index (χ1v) is 5.65. The zero-order valence-corrected chi connectivity index (χ0v) is 10.1. The van der Waals surface area contributed by atoms with Gasteiger partial charge in [0.15, 0.2) is 0 Å². The predicted molar refractivity (Wildman–Crippen MR) is 65.4 cm³/mol.